The molecule has 0 radical (unpaired) electrons. The zero-order chi connectivity index (χ0) is 16.8. The van der Waals surface area contributed by atoms with E-state index in [1.807, 2.05) is 29.2 Å². The second-order valence-corrected chi connectivity index (χ2v) is 4.66. The Labute approximate surface area is 125 Å². The van der Waals surface area contributed by atoms with Gasteiger partial charge in [-0.15, -0.1) is 0 Å². The smallest absolute Gasteiger partial charge is 0.475 e. The Bertz CT molecular complexity index is 526. The monoisotopic (exact) mass is 318 g/mol. The molecule has 3 N–H and O–H groups in total. The molecule has 0 atom stereocenters. The van der Waals surface area contributed by atoms with Gasteiger partial charge in [0.05, 0.1) is 0 Å². The molecule has 1 fully saturated rings. The summed E-state index contributed by atoms with van der Waals surface area (Å²) < 4.78 is 31.7. The third-order valence-electron chi connectivity index (χ3n) is 3.10. The van der Waals surface area contributed by atoms with Gasteiger partial charge in [-0.25, -0.2) is 4.79 Å². The number of carboxylic acids is 1. The lowest BCUT2D eigenvalue weighted by atomic mass is 10.1. The number of alkyl halides is 3. The molecule has 0 aromatic heterocycles. The average molecular weight is 318 g/mol. The van der Waals surface area contributed by atoms with Crippen molar-refractivity contribution in [2.24, 2.45) is 5.73 Å². The number of carbonyl (C=O) groups is 2. The van der Waals surface area contributed by atoms with Gasteiger partial charge < -0.3 is 15.7 Å². The highest BCUT2D eigenvalue weighted by Crippen LogP contribution is 2.15. The van der Waals surface area contributed by atoms with Gasteiger partial charge >= 0.3 is 12.1 Å². The third-order valence-corrected chi connectivity index (χ3v) is 3.10. The summed E-state index contributed by atoms with van der Waals surface area (Å²) >= 11 is 0. The van der Waals surface area contributed by atoms with E-state index in [4.69, 9.17) is 15.6 Å². The maximum atomic E-state index is 12.1. The Balaban J connectivity index is 0.000000295. The van der Waals surface area contributed by atoms with Crippen molar-refractivity contribution in [2.75, 3.05) is 13.1 Å². The molecular formula is C14H17F3N2O3. The van der Waals surface area contributed by atoms with Crippen LogP contribution in [0.4, 0.5) is 13.2 Å². The van der Waals surface area contributed by atoms with Crippen molar-refractivity contribution < 1.29 is 27.9 Å². The highest BCUT2D eigenvalue weighted by molar-refractivity contribution is 5.95. The lowest BCUT2D eigenvalue weighted by Gasteiger charge is -2.16. The molecule has 2 rings (SSSR count). The Morgan fingerprint density at radius 1 is 1.18 bits per heavy atom. The van der Waals surface area contributed by atoms with E-state index >= 15 is 0 Å². The molecule has 0 saturated carbocycles. The predicted octanol–water partition coefficient (Wildman–Crippen LogP) is 2.01. The van der Waals surface area contributed by atoms with Crippen LogP contribution in [0.2, 0.25) is 0 Å². The molecule has 8 heteroatoms. The maximum absolute atomic E-state index is 12.1. The molecule has 1 aromatic carbocycles. The van der Waals surface area contributed by atoms with Crippen molar-refractivity contribution in [3.05, 3.63) is 35.4 Å². The second-order valence-electron chi connectivity index (χ2n) is 4.66. The third kappa shape index (κ3) is 5.03. The van der Waals surface area contributed by atoms with E-state index in [9.17, 15) is 18.0 Å². The van der Waals surface area contributed by atoms with Gasteiger partial charge in [0.15, 0.2) is 0 Å². The first-order valence-corrected chi connectivity index (χ1v) is 6.64. The van der Waals surface area contributed by atoms with Crippen LogP contribution in [0.5, 0.6) is 0 Å². The van der Waals surface area contributed by atoms with Crippen LogP contribution in [0, 0.1) is 0 Å². The van der Waals surface area contributed by atoms with Crippen LogP contribution >= 0.6 is 0 Å². The van der Waals surface area contributed by atoms with Crippen molar-refractivity contribution in [2.45, 2.75) is 25.6 Å². The molecule has 22 heavy (non-hydrogen) atoms. The number of hydrogen-bond acceptors (Lipinski definition) is 3. The highest BCUT2D eigenvalue weighted by atomic mass is 19.4. The molecule has 0 spiro atoms. The molecular weight excluding hydrogens is 301 g/mol. The zero-order valence-corrected chi connectivity index (χ0v) is 11.8. The fourth-order valence-corrected chi connectivity index (χ4v) is 2.00. The summed E-state index contributed by atoms with van der Waals surface area (Å²) in [6, 6.07) is 7.59. The van der Waals surface area contributed by atoms with Crippen LogP contribution in [0.25, 0.3) is 0 Å². The van der Waals surface area contributed by atoms with Gasteiger partial charge in [0.1, 0.15) is 0 Å². The standard InChI is InChI=1S/C12H16N2O.C2HF3O2/c13-9-10-5-1-2-6-11(10)12(15)14-7-3-4-8-14;3-2(4,5)1(6)7/h1-2,5-6H,3-4,7-9,13H2;(H,6,7). The van der Waals surface area contributed by atoms with Crippen molar-refractivity contribution in [3.8, 4) is 0 Å². The number of hydrogen-bond donors (Lipinski definition) is 2. The first-order valence-electron chi connectivity index (χ1n) is 6.64. The minimum Gasteiger partial charge on any atom is -0.475 e. The number of aliphatic carboxylic acids is 1. The first-order chi connectivity index (χ1) is 10.3. The van der Waals surface area contributed by atoms with E-state index < -0.39 is 12.1 Å². The van der Waals surface area contributed by atoms with Crippen molar-refractivity contribution in [1.29, 1.82) is 0 Å². The number of halogens is 3. The molecule has 0 bridgehead atoms. The van der Waals surface area contributed by atoms with Gasteiger partial charge in [-0.1, -0.05) is 18.2 Å². The molecule has 1 saturated heterocycles. The SMILES string of the molecule is NCc1ccccc1C(=O)N1CCCC1.O=C(O)C(F)(F)F. The summed E-state index contributed by atoms with van der Waals surface area (Å²) in [5.41, 5.74) is 7.32. The largest absolute Gasteiger partial charge is 0.490 e. The molecule has 1 aliphatic rings. The zero-order valence-electron chi connectivity index (χ0n) is 11.8. The Morgan fingerprint density at radius 2 is 1.68 bits per heavy atom. The Morgan fingerprint density at radius 3 is 2.14 bits per heavy atom. The van der Waals surface area contributed by atoms with E-state index in [1.165, 1.54) is 0 Å². The summed E-state index contributed by atoms with van der Waals surface area (Å²) in [6.45, 7) is 2.20. The highest BCUT2D eigenvalue weighted by Gasteiger charge is 2.38. The summed E-state index contributed by atoms with van der Waals surface area (Å²) in [5.74, 6) is -2.62. The van der Waals surface area contributed by atoms with Gasteiger partial charge in [-0.2, -0.15) is 13.2 Å². The van der Waals surface area contributed by atoms with Gasteiger partial charge in [0, 0.05) is 25.2 Å². The van der Waals surface area contributed by atoms with Crippen LogP contribution in [-0.4, -0.2) is 41.1 Å². The average Bonchev–Trinajstić information content (AvgIpc) is 3.00. The molecule has 5 nitrogen and oxygen atoms in total. The predicted molar refractivity (Wildman–Crippen MR) is 73.2 cm³/mol. The van der Waals surface area contributed by atoms with E-state index in [2.05, 4.69) is 0 Å². The van der Waals surface area contributed by atoms with E-state index in [1.54, 1.807) is 0 Å². The number of nitrogens with zero attached hydrogens (tertiary/aromatic N) is 1. The van der Waals surface area contributed by atoms with Gasteiger partial charge in [-0.05, 0) is 24.5 Å². The van der Waals surface area contributed by atoms with Gasteiger partial charge in [0.2, 0.25) is 0 Å². The summed E-state index contributed by atoms with van der Waals surface area (Å²) in [6.07, 6.45) is -2.84. The van der Waals surface area contributed by atoms with Crippen LogP contribution in [0.1, 0.15) is 28.8 Å². The first kappa shape index (κ1) is 18.0. The molecule has 0 unspecified atom stereocenters. The summed E-state index contributed by atoms with van der Waals surface area (Å²) in [4.78, 5) is 22.9. The fraction of sp³-hybridized carbons (Fsp3) is 0.429. The van der Waals surface area contributed by atoms with Crippen LogP contribution in [0.3, 0.4) is 0 Å². The Kier molecular flexibility index (Phi) is 6.36. The number of benzene rings is 1. The maximum Gasteiger partial charge on any atom is 0.490 e. The molecule has 122 valence electrons. The van der Waals surface area contributed by atoms with Gasteiger partial charge in [-0.3, -0.25) is 4.79 Å². The number of carbonyl (C=O) groups excluding carboxylic acids is 1. The number of likely N-dealkylation sites (tertiary alicyclic amines) is 1. The fourth-order valence-electron chi connectivity index (χ4n) is 2.00. The van der Waals surface area contributed by atoms with Gasteiger partial charge in [0.25, 0.3) is 5.91 Å². The molecule has 1 aliphatic heterocycles. The normalized spacial score (nSPS) is 14.3. The lowest BCUT2D eigenvalue weighted by Crippen LogP contribution is -2.28. The van der Waals surface area contributed by atoms with Crippen molar-refractivity contribution >= 4 is 11.9 Å². The van der Waals surface area contributed by atoms with E-state index in [0.717, 1.165) is 37.1 Å². The number of rotatable bonds is 2. The molecule has 1 heterocycles. The van der Waals surface area contributed by atoms with Crippen molar-refractivity contribution in [3.63, 3.8) is 0 Å². The number of amides is 1. The number of nitrogens with two attached hydrogens (primary N) is 1. The van der Waals surface area contributed by atoms with Crippen LogP contribution in [0.15, 0.2) is 24.3 Å². The number of carboxylic acid groups (broad SMARTS) is 1. The minimum atomic E-state index is -5.08. The molecule has 0 aliphatic carbocycles. The van der Waals surface area contributed by atoms with Crippen LogP contribution < -0.4 is 5.73 Å². The quantitative estimate of drug-likeness (QED) is 0.874. The van der Waals surface area contributed by atoms with E-state index in [0.29, 0.717) is 6.54 Å². The Hall–Kier alpha value is -2.09. The molecule has 1 amide bonds. The topological polar surface area (TPSA) is 83.6 Å². The molecule has 1 aromatic rings. The summed E-state index contributed by atoms with van der Waals surface area (Å²) in [5, 5.41) is 7.12. The summed E-state index contributed by atoms with van der Waals surface area (Å²) in [7, 11) is 0. The second kappa shape index (κ2) is 7.79. The van der Waals surface area contributed by atoms with E-state index in [-0.39, 0.29) is 5.91 Å². The lowest BCUT2D eigenvalue weighted by molar-refractivity contribution is -0.192. The van der Waals surface area contributed by atoms with Crippen molar-refractivity contribution in [1.82, 2.24) is 4.90 Å². The minimum absolute atomic E-state index is 0.133. The van der Waals surface area contributed by atoms with Crippen LogP contribution in [-0.2, 0) is 11.3 Å².